The monoisotopic (exact) mass is 433 g/mol. The van der Waals surface area contributed by atoms with E-state index in [1.807, 2.05) is 0 Å². The Bertz CT molecular complexity index is 1130. The molecule has 2 aromatic carbocycles. The predicted octanol–water partition coefficient (Wildman–Crippen LogP) is 5.03. The molecule has 1 heterocycles. The second-order valence-corrected chi connectivity index (χ2v) is 6.54. The van der Waals surface area contributed by atoms with Gasteiger partial charge in [0.1, 0.15) is 17.2 Å². The summed E-state index contributed by atoms with van der Waals surface area (Å²) in [6.07, 6.45) is -5.20. The maximum atomic E-state index is 12.6. The van der Waals surface area contributed by atoms with Crippen LogP contribution in [0.4, 0.5) is 13.2 Å². The number of nitrogens with zero attached hydrogens (tertiary/aromatic N) is 1. The van der Waals surface area contributed by atoms with Gasteiger partial charge in [-0.25, -0.2) is 4.98 Å². The maximum absolute atomic E-state index is 12.6. The number of alkyl halides is 3. The minimum absolute atomic E-state index is 0.162. The highest BCUT2D eigenvalue weighted by molar-refractivity contribution is 6.02. The first-order valence-electron chi connectivity index (χ1n) is 9.35. The zero-order valence-corrected chi connectivity index (χ0v) is 16.4. The largest absolute Gasteiger partial charge is 0.573 e. The highest BCUT2D eigenvalue weighted by Crippen LogP contribution is 2.33. The van der Waals surface area contributed by atoms with Gasteiger partial charge in [0.15, 0.2) is 5.78 Å². The van der Waals surface area contributed by atoms with Gasteiger partial charge in [-0.15, -0.1) is 13.2 Å². The molecule has 3 rings (SSSR count). The number of hydrogen-bond donors (Lipinski definition) is 1. The fourth-order valence-corrected chi connectivity index (χ4v) is 3.05. The Morgan fingerprint density at radius 3 is 2.52 bits per heavy atom. The summed E-state index contributed by atoms with van der Waals surface area (Å²) in [5.74, 6) is -1.85. The molecule has 0 aliphatic heterocycles. The van der Waals surface area contributed by atoms with Gasteiger partial charge < -0.3 is 14.6 Å². The third-order valence-electron chi connectivity index (χ3n) is 4.33. The molecule has 1 aromatic heterocycles. The number of hydrogen-bond acceptors (Lipinski definition) is 6. The van der Waals surface area contributed by atoms with E-state index in [1.165, 1.54) is 24.3 Å². The standard InChI is InChI=1S/C22H18F3NO5/c1-2-30-19(29)10-9-17(27)21-18(28)12-14-6-4-8-16(20(14)26-21)13-5-3-7-15(11-13)31-22(23,24)25/h3-8,11-12,28H,2,9-10H2,1H3. The summed E-state index contributed by atoms with van der Waals surface area (Å²) in [6.45, 7) is 1.83. The van der Waals surface area contributed by atoms with Crippen LogP contribution in [0.1, 0.15) is 30.3 Å². The van der Waals surface area contributed by atoms with Crippen molar-refractivity contribution in [2.24, 2.45) is 0 Å². The Labute approximate surface area is 175 Å². The number of ketones is 1. The van der Waals surface area contributed by atoms with Gasteiger partial charge in [0.2, 0.25) is 0 Å². The van der Waals surface area contributed by atoms with Crippen molar-refractivity contribution in [2.75, 3.05) is 6.61 Å². The molecule has 9 heteroatoms. The number of benzene rings is 2. The van der Waals surface area contributed by atoms with Gasteiger partial charge in [0, 0.05) is 17.4 Å². The first-order valence-corrected chi connectivity index (χ1v) is 9.35. The lowest BCUT2D eigenvalue weighted by Crippen LogP contribution is -2.17. The molecule has 0 saturated heterocycles. The normalized spacial score (nSPS) is 11.4. The highest BCUT2D eigenvalue weighted by Gasteiger charge is 2.31. The first-order chi connectivity index (χ1) is 14.7. The SMILES string of the molecule is CCOC(=O)CCC(=O)c1nc2c(-c3cccc(OC(F)(F)F)c3)cccc2cc1O. The van der Waals surface area contributed by atoms with Crippen molar-refractivity contribution >= 4 is 22.7 Å². The summed E-state index contributed by atoms with van der Waals surface area (Å²) < 4.78 is 46.4. The van der Waals surface area contributed by atoms with Gasteiger partial charge in [-0.05, 0) is 30.7 Å². The zero-order chi connectivity index (χ0) is 22.6. The number of ether oxygens (including phenoxy) is 2. The molecule has 31 heavy (non-hydrogen) atoms. The van der Waals surface area contributed by atoms with Crippen molar-refractivity contribution < 1.29 is 37.3 Å². The van der Waals surface area contributed by atoms with Gasteiger partial charge in [-0.2, -0.15) is 0 Å². The van der Waals surface area contributed by atoms with Crippen LogP contribution in [0.25, 0.3) is 22.0 Å². The van der Waals surface area contributed by atoms with Crippen molar-refractivity contribution in [1.29, 1.82) is 0 Å². The van der Waals surface area contributed by atoms with E-state index in [0.29, 0.717) is 22.0 Å². The summed E-state index contributed by atoms with van der Waals surface area (Å²) in [6, 6.07) is 11.6. The highest BCUT2D eigenvalue weighted by atomic mass is 19.4. The van der Waals surface area contributed by atoms with Crippen molar-refractivity contribution in [3.05, 3.63) is 54.2 Å². The lowest BCUT2D eigenvalue weighted by molar-refractivity contribution is -0.274. The number of esters is 1. The number of aromatic nitrogens is 1. The molecule has 0 atom stereocenters. The van der Waals surface area contributed by atoms with Gasteiger partial charge in [0.25, 0.3) is 0 Å². The Balaban J connectivity index is 1.99. The number of Topliss-reactive ketones (excluding diaryl/α,β-unsaturated/α-hetero) is 1. The van der Waals surface area contributed by atoms with E-state index < -0.39 is 23.9 Å². The van der Waals surface area contributed by atoms with Gasteiger partial charge in [0.05, 0.1) is 18.5 Å². The van der Waals surface area contributed by atoms with E-state index in [1.54, 1.807) is 31.2 Å². The summed E-state index contributed by atoms with van der Waals surface area (Å²) in [5, 5.41) is 10.7. The van der Waals surface area contributed by atoms with Gasteiger partial charge in [-0.1, -0.05) is 30.3 Å². The number of pyridine rings is 1. The zero-order valence-electron chi connectivity index (χ0n) is 16.4. The number of fused-ring (bicyclic) bond motifs is 1. The molecule has 6 nitrogen and oxygen atoms in total. The molecular weight excluding hydrogens is 415 g/mol. The van der Waals surface area contributed by atoms with Crippen LogP contribution in [0.3, 0.4) is 0 Å². The van der Waals surface area contributed by atoms with E-state index in [4.69, 9.17) is 4.74 Å². The Morgan fingerprint density at radius 2 is 1.81 bits per heavy atom. The molecule has 162 valence electrons. The summed E-state index contributed by atoms with van der Waals surface area (Å²) in [7, 11) is 0. The Kier molecular flexibility index (Phi) is 6.43. The lowest BCUT2D eigenvalue weighted by Gasteiger charge is -2.12. The second kappa shape index (κ2) is 9.03. The lowest BCUT2D eigenvalue weighted by atomic mass is 10.0. The first kappa shape index (κ1) is 22.1. The number of carbonyl (C=O) groups is 2. The molecule has 0 saturated carbocycles. The van der Waals surface area contributed by atoms with Crippen LogP contribution in [0.5, 0.6) is 11.5 Å². The minimum atomic E-state index is -4.83. The summed E-state index contributed by atoms with van der Waals surface area (Å²) in [4.78, 5) is 28.3. The smallest absolute Gasteiger partial charge is 0.506 e. The van der Waals surface area contributed by atoms with Crippen LogP contribution >= 0.6 is 0 Å². The average molecular weight is 433 g/mol. The second-order valence-electron chi connectivity index (χ2n) is 6.54. The van der Waals surface area contributed by atoms with Crippen molar-refractivity contribution in [3.8, 4) is 22.6 Å². The van der Waals surface area contributed by atoms with Crippen molar-refractivity contribution in [3.63, 3.8) is 0 Å². The molecule has 0 aliphatic rings. The number of para-hydroxylation sites is 1. The van der Waals surface area contributed by atoms with Crippen LogP contribution in [-0.2, 0) is 9.53 Å². The average Bonchev–Trinajstić information content (AvgIpc) is 2.70. The number of rotatable bonds is 7. The van der Waals surface area contributed by atoms with Crippen LogP contribution in [-0.4, -0.2) is 34.8 Å². The summed E-state index contributed by atoms with van der Waals surface area (Å²) in [5.41, 5.74) is 0.913. The van der Waals surface area contributed by atoms with E-state index >= 15 is 0 Å². The summed E-state index contributed by atoms with van der Waals surface area (Å²) >= 11 is 0. The third-order valence-corrected chi connectivity index (χ3v) is 4.33. The molecule has 0 fully saturated rings. The number of carbonyl (C=O) groups excluding carboxylic acids is 2. The third kappa shape index (κ3) is 5.50. The van der Waals surface area contributed by atoms with Crippen LogP contribution in [0.15, 0.2) is 48.5 Å². The number of halogens is 3. The molecule has 0 amide bonds. The topological polar surface area (TPSA) is 85.7 Å². The Hall–Kier alpha value is -3.62. The van der Waals surface area contributed by atoms with E-state index in [-0.39, 0.29) is 30.9 Å². The predicted molar refractivity (Wildman–Crippen MR) is 106 cm³/mol. The molecule has 1 N–H and O–H groups in total. The van der Waals surface area contributed by atoms with Crippen LogP contribution in [0.2, 0.25) is 0 Å². The molecular formula is C22H18F3NO5. The Morgan fingerprint density at radius 1 is 1.06 bits per heavy atom. The fraction of sp³-hybridized carbons (Fsp3) is 0.227. The molecule has 3 aromatic rings. The van der Waals surface area contributed by atoms with Crippen molar-refractivity contribution in [2.45, 2.75) is 26.1 Å². The molecule has 0 spiro atoms. The molecule has 0 radical (unpaired) electrons. The van der Waals surface area contributed by atoms with Gasteiger partial charge in [-0.3, -0.25) is 9.59 Å². The van der Waals surface area contributed by atoms with E-state index in [9.17, 15) is 27.9 Å². The maximum Gasteiger partial charge on any atom is 0.573 e. The molecule has 0 aliphatic carbocycles. The number of aromatic hydroxyl groups is 1. The van der Waals surface area contributed by atoms with Crippen LogP contribution < -0.4 is 4.74 Å². The fourth-order valence-electron chi connectivity index (χ4n) is 3.05. The van der Waals surface area contributed by atoms with Crippen molar-refractivity contribution in [1.82, 2.24) is 4.98 Å². The molecule has 0 bridgehead atoms. The van der Waals surface area contributed by atoms with E-state index in [2.05, 4.69) is 9.72 Å². The molecule has 0 unspecified atom stereocenters. The van der Waals surface area contributed by atoms with Crippen LogP contribution in [0, 0.1) is 0 Å². The minimum Gasteiger partial charge on any atom is -0.506 e. The van der Waals surface area contributed by atoms with E-state index in [0.717, 1.165) is 0 Å². The quantitative estimate of drug-likeness (QED) is 0.415. The van der Waals surface area contributed by atoms with Gasteiger partial charge >= 0.3 is 12.3 Å².